The van der Waals surface area contributed by atoms with E-state index in [1.54, 1.807) is 19.2 Å². The summed E-state index contributed by atoms with van der Waals surface area (Å²) < 4.78 is 38.8. The number of amides is 1. The monoisotopic (exact) mass is 507 g/mol. The third-order valence-corrected chi connectivity index (χ3v) is 8.62. The number of carbonyl (C=O) groups is 1. The fraction of sp³-hybridized carbons (Fsp3) is 0.458. The van der Waals surface area contributed by atoms with Gasteiger partial charge in [-0.2, -0.15) is 4.31 Å². The van der Waals surface area contributed by atoms with Crippen LogP contribution in [0.25, 0.3) is 0 Å². The molecule has 184 valence electrons. The van der Waals surface area contributed by atoms with Crippen molar-refractivity contribution in [3.63, 3.8) is 0 Å². The highest BCUT2D eigenvalue weighted by atomic mass is 35.5. The Balaban J connectivity index is 1.43. The number of methoxy groups -OCH3 is 2. The minimum Gasteiger partial charge on any atom is -0.495 e. The molecule has 2 aliphatic rings. The van der Waals surface area contributed by atoms with Crippen LogP contribution in [0.2, 0.25) is 5.02 Å². The number of benzene rings is 2. The molecule has 0 unspecified atom stereocenters. The van der Waals surface area contributed by atoms with Crippen LogP contribution in [0, 0.1) is 5.92 Å². The van der Waals surface area contributed by atoms with Crippen LogP contribution in [0.4, 0.5) is 5.69 Å². The van der Waals surface area contributed by atoms with Crippen molar-refractivity contribution in [3.05, 3.63) is 47.5 Å². The first-order valence-corrected chi connectivity index (χ1v) is 13.2. The van der Waals surface area contributed by atoms with Crippen molar-refractivity contribution in [1.29, 1.82) is 0 Å². The molecule has 8 nitrogen and oxygen atoms in total. The quantitative estimate of drug-likeness (QED) is 0.598. The number of halogens is 1. The summed E-state index contributed by atoms with van der Waals surface area (Å²) >= 11 is 6.06. The molecule has 2 aromatic rings. The number of hydrogen-bond donors (Lipinski definition) is 0. The molecule has 10 heteroatoms. The smallest absolute Gasteiger partial charge is 0.246 e. The Morgan fingerprint density at radius 3 is 2.38 bits per heavy atom. The third kappa shape index (κ3) is 4.96. The van der Waals surface area contributed by atoms with E-state index >= 15 is 0 Å². The number of piperidine rings is 1. The van der Waals surface area contributed by atoms with Gasteiger partial charge in [0.05, 0.1) is 25.8 Å². The molecule has 2 heterocycles. The highest BCUT2D eigenvalue weighted by Crippen LogP contribution is 2.33. The van der Waals surface area contributed by atoms with Crippen LogP contribution in [-0.4, -0.2) is 77.0 Å². The van der Waals surface area contributed by atoms with Crippen LogP contribution in [0.3, 0.4) is 0 Å². The number of sulfonamides is 1. The first-order chi connectivity index (χ1) is 16.3. The summed E-state index contributed by atoms with van der Waals surface area (Å²) in [6.45, 7) is 3.08. The molecule has 2 aliphatic heterocycles. The van der Waals surface area contributed by atoms with E-state index in [0.717, 1.165) is 11.4 Å². The molecule has 1 atom stereocenters. The van der Waals surface area contributed by atoms with Gasteiger partial charge in [-0.1, -0.05) is 23.7 Å². The number of carbonyl (C=O) groups excluding carboxylic acids is 1. The SMILES string of the molecule is COc1ccccc1N1CCN(C(=O)[C@H]2CCCN(S(=O)(=O)c3cc(Cl)ccc3OC)C2)CC1. The predicted molar refractivity (Wildman–Crippen MR) is 131 cm³/mol. The lowest BCUT2D eigenvalue weighted by atomic mass is 9.97. The fourth-order valence-corrected chi connectivity index (χ4v) is 6.61. The zero-order valence-corrected chi connectivity index (χ0v) is 21.0. The van der Waals surface area contributed by atoms with Gasteiger partial charge in [-0.25, -0.2) is 8.42 Å². The molecule has 2 aromatic carbocycles. The summed E-state index contributed by atoms with van der Waals surface area (Å²) in [4.78, 5) is 17.4. The minimum atomic E-state index is -3.85. The Morgan fingerprint density at radius 2 is 1.68 bits per heavy atom. The predicted octanol–water partition coefficient (Wildman–Crippen LogP) is 3.11. The first kappa shape index (κ1) is 24.6. The summed E-state index contributed by atoms with van der Waals surface area (Å²) in [5, 5.41) is 0.317. The van der Waals surface area contributed by atoms with E-state index in [4.69, 9.17) is 21.1 Å². The van der Waals surface area contributed by atoms with Gasteiger partial charge in [0, 0.05) is 44.3 Å². The average Bonchev–Trinajstić information content (AvgIpc) is 2.88. The van der Waals surface area contributed by atoms with E-state index in [9.17, 15) is 13.2 Å². The van der Waals surface area contributed by atoms with Crippen molar-refractivity contribution in [2.24, 2.45) is 5.92 Å². The van der Waals surface area contributed by atoms with Gasteiger partial charge in [0.2, 0.25) is 15.9 Å². The normalized spacial score (nSPS) is 19.7. The number of nitrogens with zero attached hydrogens (tertiary/aromatic N) is 3. The lowest BCUT2D eigenvalue weighted by molar-refractivity contribution is -0.137. The average molecular weight is 508 g/mol. The van der Waals surface area contributed by atoms with Gasteiger partial charge in [-0.3, -0.25) is 4.79 Å². The Hall–Kier alpha value is -2.49. The Morgan fingerprint density at radius 1 is 0.971 bits per heavy atom. The van der Waals surface area contributed by atoms with Gasteiger partial charge in [0.15, 0.2) is 0 Å². The Kier molecular flexibility index (Phi) is 7.54. The van der Waals surface area contributed by atoms with Crippen LogP contribution < -0.4 is 14.4 Å². The molecule has 2 saturated heterocycles. The van der Waals surface area contributed by atoms with Crippen LogP contribution in [0.5, 0.6) is 11.5 Å². The Labute approximate surface area is 206 Å². The van der Waals surface area contributed by atoms with E-state index in [0.29, 0.717) is 50.6 Å². The summed E-state index contributed by atoms with van der Waals surface area (Å²) in [5.41, 5.74) is 1.02. The number of anilines is 1. The van der Waals surface area contributed by atoms with Crippen molar-refractivity contribution < 1.29 is 22.7 Å². The molecule has 0 spiro atoms. The second kappa shape index (κ2) is 10.4. The van der Waals surface area contributed by atoms with Crippen molar-refractivity contribution >= 4 is 33.2 Å². The highest BCUT2D eigenvalue weighted by Gasteiger charge is 2.37. The summed E-state index contributed by atoms with van der Waals surface area (Å²) in [6, 6.07) is 12.4. The zero-order valence-electron chi connectivity index (χ0n) is 19.4. The largest absolute Gasteiger partial charge is 0.495 e. The maximum absolute atomic E-state index is 13.4. The molecule has 2 fully saturated rings. The van der Waals surface area contributed by atoms with Gasteiger partial charge >= 0.3 is 0 Å². The van der Waals surface area contributed by atoms with Crippen LogP contribution >= 0.6 is 11.6 Å². The van der Waals surface area contributed by atoms with Gasteiger partial charge in [0.25, 0.3) is 0 Å². The Bertz CT molecular complexity index is 1140. The highest BCUT2D eigenvalue weighted by molar-refractivity contribution is 7.89. The minimum absolute atomic E-state index is 0.0117. The lowest BCUT2D eigenvalue weighted by Gasteiger charge is -2.39. The summed E-state index contributed by atoms with van der Waals surface area (Å²) in [6.07, 6.45) is 1.30. The summed E-state index contributed by atoms with van der Waals surface area (Å²) in [5.74, 6) is 0.696. The zero-order chi connectivity index (χ0) is 24.3. The van der Waals surface area contributed by atoms with Gasteiger partial charge in [0.1, 0.15) is 16.4 Å². The van der Waals surface area contributed by atoms with Crippen molar-refractivity contribution in [2.75, 3.05) is 58.4 Å². The number of rotatable bonds is 6. The molecule has 0 bridgehead atoms. The number of ether oxygens (including phenoxy) is 2. The standard InChI is InChI=1S/C24H30ClN3O5S/c1-32-21-8-4-3-7-20(21)26-12-14-27(15-13-26)24(29)18-6-5-11-28(17-18)34(30,31)23-16-19(25)9-10-22(23)33-2/h3-4,7-10,16,18H,5-6,11-15,17H2,1-2H3/t18-/m0/s1. The topological polar surface area (TPSA) is 79.4 Å². The molecular weight excluding hydrogens is 478 g/mol. The second-order valence-corrected chi connectivity index (χ2v) is 10.8. The molecule has 4 rings (SSSR count). The molecular formula is C24H30ClN3O5S. The van der Waals surface area contributed by atoms with Crippen LogP contribution in [0.15, 0.2) is 47.4 Å². The summed E-state index contributed by atoms with van der Waals surface area (Å²) in [7, 11) is -0.767. The van der Waals surface area contributed by atoms with E-state index < -0.39 is 10.0 Å². The maximum atomic E-state index is 13.4. The maximum Gasteiger partial charge on any atom is 0.246 e. The van der Waals surface area contributed by atoms with Gasteiger partial charge < -0.3 is 19.3 Å². The molecule has 1 amide bonds. The van der Waals surface area contributed by atoms with Crippen molar-refractivity contribution in [3.8, 4) is 11.5 Å². The molecule has 0 aliphatic carbocycles. The molecule has 0 radical (unpaired) electrons. The van der Waals surface area contributed by atoms with E-state index in [1.807, 2.05) is 29.2 Å². The lowest BCUT2D eigenvalue weighted by Crippen LogP contribution is -2.53. The molecule has 0 saturated carbocycles. The third-order valence-electron chi connectivity index (χ3n) is 6.49. The van der Waals surface area contributed by atoms with Crippen LogP contribution in [-0.2, 0) is 14.8 Å². The first-order valence-electron chi connectivity index (χ1n) is 11.4. The molecule has 34 heavy (non-hydrogen) atoms. The second-order valence-electron chi connectivity index (χ2n) is 8.48. The van der Waals surface area contributed by atoms with Crippen molar-refractivity contribution in [1.82, 2.24) is 9.21 Å². The van der Waals surface area contributed by atoms with Crippen molar-refractivity contribution in [2.45, 2.75) is 17.7 Å². The number of para-hydroxylation sites is 2. The van der Waals surface area contributed by atoms with Gasteiger partial charge in [-0.15, -0.1) is 0 Å². The van der Waals surface area contributed by atoms with Crippen LogP contribution in [0.1, 0.15) is 12.8 Å². The van der Waals surface area contributed by atoms with E-state index in [1.165, 1.54) is 17.5 Å². The molecule has 0 aromatic heterocycles. The number of hydrogen-bond acceptors (Lipinski definition) is 6. The van der Waals surface area contributed by atoms with Gasteiger partial charge in [-0.05, 0) is 43.2 Å². The number of piperazine rings is 1. The van der Waals surface area contributed by atoms with E-state index in [-0.39, 0.29) is 29.0 Å². The fourth-order valence-electron chi connectivity index (χ4n) is 4.67. The molecule has 0 N–H and O–H groups in total. The van der Waals surface area contributed by atoms with E-state index in [2.05, 4.69) is 4.90 Å².